The number of ether oxygens (including phenoxy) is 2. The fourth-order valence-corrected chi connectivity index (χ4v) is 3.01. The molecule has 1 aliphatic heterocycles. The Morgan fingerprint density at radius 1 is 1.32 bits per heavy atom. The first-order chi connectivity index (χ1) is 10.7. The highest BCUT2D eigenvalue weighted by molar-refractivity contribution is 5.95. The van der Waals surface area contributed by atoms with Gasteiger partial charge in [0.2, 0.25) is 5.91 Å². The molecular weight excluding hydrogens is 278 g/mol. The van der Waals surface area contributed by atoms with Crippen LogP contribution in [0, 0.1) is 5.92 Å². The minimum absolute atomic E-state index is 0.0307. The maximum Gasteiger partial charge on any atom is 0.229 e. The predicted octanol–water partition coefficient (Wildman–Crippen LogP) is 3.43. The van der Waals surface area contributed by atoms with Crippen molar-refractivity contribution in [1.82, 2.24) is 0 Å². The van der Waals surface area contributed by atoms with Gasteiger partial charge < -0.3 is 14.4 Å². The lowest BCUT2D eigenvalue weighted by Gasteiger charge is -2.26. The zero-order valence-electron chi connectivity index (χ0n) is 13.9. The van der Waals surface area contributed by atoms with E-state index < -0.39 is 0 Å². The Morgan fingerprint density at radius 2 is 2.14 bits per heavy atom. The van der Waals surface area contributed by atoms with E-state index in [9.17, 15) is 4.79 Å². The van der Waals surface area contributed by atoms with E-state index in [0.29, 0.717) is 6.61 Å². The van der Waals surface area contributed by atoms with Crippen molar-refractivity contribution in [3.8, 4) is 5.75 Å². The van der Waals surface area contributed by atoms with Gasteiger partial charge in [0.25, 0.3) is 0 Å². The number of nitrogens with zero attached hydrogens (tertiary/aromatic N) is 1. The van der Waals surface area contributed by atoms with Gasteiger partial charge in [-0.2, -0.15) is 0 Å². The Balaban J connectivity index is 2.15. The summed E-state index contributed by atoms with van der Waals surface area (Å²) in [5.41, 5.74) is 2.27. The average molecular weight is 305 g/mol. The number of benzene rings is 1. The largest absolute Gasteiger partial charge is 0.497 e. The molecule has 2 rings (SSSR count). The monoisotopic (exact) mass is 305 g/mol. The van der Waals surface area contributed by atoms with Crippen molar-refractivity contribution in [2.75, 3.05) is 32.3 Å². The summed E-state index contributed by atoms with van der Waals surface area (Å²) in [5.74, 6) is 1.12. The van der Waals surface area contributed by atoms with Crippen molar-refractivity contribution in [1.29, 1.82) is 0 Å². The number of amides is 1. The van der Waals surface area contributed by atoms with Crippen LogP contribution >= 0.6 is 0 Å². The zero-order chi connectivity index (χ0) is 15.9. The number of rotatable bonds is 6. The first-order valence-corrected chi connectivity index (χ1v) is 8.14. The summed E-state index contributed by atoms with van der Waals surface area (Å²) in [6, 6.07) is 6.04. The van der Waals surface area contributed by atoms with Gasteiger partial charge in [0.15, 0.2) is 0 Å². The lowest BCUT2D eigenvalue weighted by atomic mass is 10.0. The SMILES string of the molecule is COCCC[C@@H](C)C(=O)N1CCCCc2cc(OC)ccc21. The second-order valence-corrected chi connectivity index (χ2v) is 5.98. The molecule has 1 aromatic rings. The van der Waals surface area contributed by atoms with Gasteiger partial charge in [0, 0.05) is 31.9 Å². The van der Waals surface area contributed by atoms with Gasteiger partial charge in [-0.1, -0.05) is 6.92 Å². The molecule has 1 amide bonds. The molecule has 0 N–H and O–H groups in total. The van der Waals surface area contributed by atoms with E-state index in [0.717, 1.165) is 50.1 Å². The summed E-state index contributed by atoms with van der Waals surface area (Å²) in [6.07, 6.45) is 4.96. The molecule has 0 aliphatic carbocycles. The van der Waals surface area contributed by atoms with Gasteiger partial charge >= 0.3 is 0 Å². The van der Waals surface area contributed by atoms with Crippen molar-refractivity contribution < 1.29 is 14.3 Å². The highest BCUT2D eigenvalue weighted by atomic mass is 16.5. The molecular formula is C18H27NO3. The average Bonchev–Trinajstić information content (AvgIpc) is 2.75. The molecule has 0 fully saturated rings. The van der Waals surface area contributed by atoms with Crippen LogP contribution in [0.2, 0.25) is 0 Å². The molecule has 0 unspecified atom stereocenters. The molecule has 122 valence electrons. The van der Waals surface area contributed by atoms with E-state index >= 15 is 0 Å². The molecule has 0 radical (unpaired) electrons. The van der Waals surface area contributed by atoms with E-state index in [1.54, 1.807) is 14.2 Å². The van der Waals surface area contributed by atoms with Gasteiger partial charge in [0.05, 0.1) is 7.11 Å². The standard InChI is InChI=1S/C18H27NO3/c1-14(7-6-12-21-2)18(20)19-11-5-4-8-15-13-16(22-3)9-10-17(15)19/h9-10,13-14H,4-8,11-12H2,1-3H3/t14-/m1/s1. The first-order valence-electron chi connectivity index (χ1n) is 8.14. The molecule has 0 spiro atoms. The van der Waals surface area contributed by atoms with Crippen molar-refractivity contribution in [3.05, 3.63) is 23.8 Å². The maximum atomic E-state index is 12.8. The van der Waals surface area contributed by atoms with Crippen LogP contribution in [0.3, 0.4) is 0 Å². The van der Waals surface area contributed by atoms with Crippen molar-refractivity contribution in [2.45, 2.75) is 39.0 Å². The maximum absolute atomic E-state index is 12.8. The Labute approximate surface area is 133 Å². The van der Waals surface area contributed by atoms with Crippen LogP contribution in [-0.2, 0) is 16.0 Å². The van der Waals surface area contributed by atoms with Crippen LogP contribution in [-0.4, -0.2) is 33.3 Å². The van der Waals surface area contributed by atoms with E-state index in [-0.39, 0.29) is 11.8 Å². The van der Waals surface area contributed by atoms with Crippen LogP contribution in [0.5, 0.6) is 5.75 Å². The minimum Gasteiger partial charge on any atom is -0.497 e. The lowest BCUT2D eigenvalue weighted by molar-refractivity contribution is -0.122. The molecule has 0 aromatic heterocycles. The van der Waals surface area contributed by atoms with Gasteiger partial charge in [0.1, 0.15) is 5.75 Å². The third-order valence-corrected chi connectivity index (χ3v) is 4.33. The summed E-state index contributed by atoms with van der Waals surface area (Å²) in [6.45, 7) is 3.55. The van der Waals surface area contributed by atoms with Crippen LogP contribution in [0.4, 0.5) is 5.69 Å². The Kier molecular flexibility index (Phi) is 6.25. The topological polar surface area (TPSA) is 38.8 Å². The first kappa shape index (κ1) is 16.8. The van der Waals surface area contributed by atoms with Crippen molar-refractivity contribution >= 4 is 11.6 Å². The molecule has 0 saturated carbocycles. The zero-order valence-corrected chi connectivity index (χ0v) is 13.9. The Bertz CT molecular complexity index is 501. The van der Waals surface area contributed by atoms with E-state index in [1.807, 2.05) is 24.0 Å². The summed E-state index contributed by atoms with van der Waals surface area (Å²) in [7, 11) is 3.38. The molecule has 0 bridgehead atoms. The molecule has 1 atom stereocenters. The lowest BCUT2D eigenvalue weighted by Crippen LogP contribution is -2.36. The summed E-state index contributed by atoms with van der Waals surface area (Å²) >= 11 is 0. The minimum atomic E-state index is 0.0307. The van der Waals surface area contributed by atoms with Gasteiger partial charge in [-0.25, -0.2) is 0 Å². The highest BCUT2D eigenvalue weighted by Gasteiger charge is 2.25. The van der Waals surface area contributed by atoms with Crippen LogP contribution in [0.25, 0.3) is 0 Å². The van der Waals surface area contributed by atoms with Crippen LogP contribution in [0.1, 0.15) is 38.2 Å². The second-order valence-electron chi connectivity index (χ2n) is 5.98. The predicted molar refractivity (Wildman–Crippen MR) is 88.6 cm³/mol. The number of hydrogen-bond acceptors (Lipinski definition) is 3. The number of methoxy groups -OCH3 is 2. The third kappa shape index (κ3) is 4.01. The van der Waals surface area contributed by atoms with E-state index in [4.69, 9.17) is 9.47 Å². The number of carbonyl (C=O) groups is 1. The highest BCUT2D eigenvalue weighted by Crippen LogP contribution is 2.31. The number of carbonyl (C=O) groups excluding carboxylic acids is 1. The molecule has 1 heterocycles. The molecule has 1 aliphatic rings. The smallest absolute Gasteiger partial charge is 0.229 e. The number of hydrogen-bond donors (Lipinski definition) is 0. The van der Waals surface area contributed by atoms with Crippen LogP contribution < -0.4 is 9.64 Å². The quantitative estimate of drug-likeness (QED) is 0.756. The fourth-order valence-electron chi connectivity index (χ4n) is 3.01. The number of fused-ring (bicyclic) bond motifs is 1. The van der Waals surface area contributed by atoms with Crippen molar-refractivity contribution in [3.63, 3.8) is 0 Å². The second kappa shape index (κ2) is 8.18. The Hall–Kier alpha value is -1.55. The molecule has 1 aromatic carbocycles. The summed E-state index contributed by atoms with van der Waals surface area (Å²) in [4.78, 5) is 14.8. The Morgan fingerprint density at radius 3 is 2.86 bits per heavy atom. The number of anilines is 1. The van der Waals surface area contributed by atoms with Crippen molar-refractivity contribution in [2.24, 2.45) is 5.92 Å². The fraction of sp³-hybridized carbons (Fsp3) is 0.611. The molecule has 0 saturated heterocycles. The van der Waals surface area contributed by atoms with E-state index in [1.165, 1.54) is 5.56 Å². The molecule has 22 heavy (non-hydrogen) atoms. The summed E-state index contributed by atoms with van der Waals surface area (Å²) in [5, 5.41) is 0. The third-order valence-electron chi connectivity index (χ3n) is 4.33. The number of aryl methyl sites for hydroxylation is 1. The normalized spacial score (nSPS) is 15.9. The van der Waals surface area contributed by atoms with E-state index in [2.05, 4.69) is 6.07 Å². The van der Waals surface area contributed by atoms with Gasteiger partial charge in [-0.3, -0.25) is 4.79 Å². The van der Waals surface area contributed by atoms with Gasteiger partial charge in [-0.05, 0) is 55.9 Å². The van der Waals surface area contributed by atoms with Gasteiger partial charge in [-0.15, -0.1) is 0 Å². The molecule has 4 nitrogen and oxygen atoms in total. The molecule has 4 heteroatoms. The summed E-state index contributed by atoms with van der Waals surface area (Å²) < 4.78 is 10.4. The van der Waals surface area contributed by atoms with Crippen LogP contribution in [0.15, 0.2) is 18.2 Å².